The molecule has 1 fully saturated rings. The maximum absolute atomic E-state index is 15.4. The second-order valence-corrected chi connectivity index (χ2v) is 12.6. The molecule has 2 atom stereocenters. The number of hydrogen-bond acceptors (Lipinski definition) is 2. The van der Waals surface area contributed by atoms with Gasteiger partial charge in [-0.3, -0.25) is 0 Å². The third-order valence-corrected chi connectivity index (χ3v) is 11.0. The minimum absolute atomic E-state index is 0.157. The molecule has 0 radical (unpaired) electrons. The molecule has 4 aliphatic rings. The smallest absolute Gasteiger partial charge is 0.207 e. The highest BCUT2D eigenvalue weighted by Gasteiger charge is 2.84. The van der Waals surface area contributed by atoms with Crippen molar-refractivity contribution in [3.63, 3.8) is 0 Å². The van der Waals surface area contributed by atoms with Crippen LogP contribution in [0.15, 0.2) is 89.3 Å². The maximum atomic E-state index is 15.4. The van der Waals surface area contributed by atoms with Crippen molar-refractivity contribution in [2.75, 3.05) is 0 Å². The van der Waals surface area contributed by atoms with Crippen LogP contribution in [0.5, 0.6) is 0 Å². The maximum Gasteiger partial charge on any atom is 0.380 e. The normalized spacial score (nSPS) is 31.1. The van der Waals surface area contributed by atoms with Gasteiger partial charge in [0, 0.05) is 27.0 Å². The lowest BCUT2D eigenvalue weighted by atomic mass is 9.71. The number of benzene rings is 1. The van der Waals surface area contributed by atoms with Crippen molar-refractivity contribution in [2.45, 2.75) is 41.1 Å². The molecule has 1 nitrogen and oxygen atoms in total. The third-order valence-electron chi connectivity index (χ3n) is 7.61. The topological polar surface area (TPSA) is 3.88 Å². The zero-order chi connectivity index (χ0) is 25.9. The predicted octanol–water partition coefficient (Wildman–Crippen LogP) is 7.43. The van der Waals surface area contributed by atoms with E-state index in [0.717, 1.165) is 0 Å². The summed E-state index contributed by atoms with van der Waals surface area (Å²) >= 11 is 2.52. The number of aromatic nitrogens is 1. The summed E-state index contributed by atoms with van der Waals surface area (Å²) in [5, 5.41) is 0. The Hall–Kier alpha value is -2.39. The monoisotopic (exact) mass is 536 g/mol. The van der Waals surface area contributed by atoms with E-state index in [1.165, 1.54) is 35.7 Å². The lowest BCUT2D eigenvalue weighted by Gasteiger charge is -2.47. The fourth-order valence-corrected chi connectivity index (χ4v) is 8.66. The molecule has 6 rings (SSSR count). The predicted molar refractivity (Wildman–Crippen MR) is 131 cm³/mol. The molecule has 0 unspecified atom stereocenters. The molecule has 2 aliphatic carbocycles. The molecule has 36 heavy (non-hydrogen) atoms. The fraction of sp³-hybridized carbons (Fsp3) is 0.296. The summed E-state index contributed by atoms with van der Waals surface area (Å²) in [6.45, 7) is 3.39. The van der Waals surface area contributed by atoms with E-state index in [1.54, 1.807) is 80.3 Å². The van der Waals surface area contributed by atoms with Crippen molar-refractivity contribution in [2.24, 2.45) is 7.05 Å². The molecule has 2 aliphatic heterocycles. The van der Waals surface area contributed by atoms with Crippen molar-refractivity contribution >= 4 is 33.3 Å². The number of nitrogens with zero attached hydrogens (tertiary/aromatic N) is 1. The van der Waals surface area contributed by atoms with E-state index in [2.05, 4.69) is 0 Å². The summed E-state index contributed by atoms with van der Waals surface area (Å²) in [4.78, 5) is 1.15. The van der Waals surface area contributed by atoms with Crippen LogP contribution in [0.3, 0.4) is 0 Å². The van der Waals surface area contributed by atoms with Gasteiger partial charge in [-0.2, -0.15) is 26.3 Å². The van der Waals surface area contributed by atoms with Gasteiger partial charge in [-0.05, 0) is 48.8 Å². The van der Waals surface area contributed by atoms with E-state index < -0.39 is 38.4 Å². The molecule has 1 aromatic carbocycles. The molecule has 0 amide bonds. The Balaban J connectivity index is 1.67. The Labute approximate surface area is 212 Å². The molecule has 0 spiro atoms. The van der Waals surface area contributed by atoms with Gasteiger partial charge in [0.2, 0.25) is 0 Å². The molecular weight excluding hydrogens is 516 g/mol. The highest BCUT2D eigenvalue weighted by Crippen LogP contribution is 2.75. The average Bonchev–Trinajstić information content (AvgIpc) is 3.39. The lowest BCUT2D eigenvalue weighted by Crippen LogP contribution is -2.48. The van der Waals surface area contributed by atoms with E-state index in [0.29, 0.717) is 20.9 Å². The average molecular weight is 537 g/mol. The molecule has 1 saturated carbocycles. The molecule has 0 saturated heterocycles. The number of hydrogen-bond donors (Lipinski definition) is 0. The number of allylic oxidation sites excluding steroid dienone is 4. The second kappa shape index (κ2) is 7.13. The number of fused-ring (bicyclic) bond motifs is 4. The van der Waals surface area contributed by atoms with Crippen LogP contribution in [0, 0.1) is 0 Å². The standard InChI is InChI=1S/C27H20F6NS2/c1-23-17(12-19(35-23)15-8-5-4-6-9-15)21-22(26(30,31)27(32,33)25(21,28)29)18-13-20(36-24(18,23)2)16-10-7-11-34(3)14-16/h4-14H,1-3H3/q+1/t23-,24-/m1/s1. The van der Waals surface area contributed by atoms with Gasteiger partial charge < -0.3 is 0 Å². The molecule has 186 valence electrons. The van der Waals surface area contributed by atoms with E-state index in [4.69, 9.17) is 0 Å². The Kier molecular flexibility index (Phi) is 4.75. The Morgan fingerprint density at radius 3 is 1.64 bits per heavy atom. The van der Waals surface area contributed by atoms with Crippen molar-refractivity contribution in [3.8, 4) is 0 Å². The number of aryl methyl sites for hydroxylation is 1. The summed E-state index contributed by atoms with van der Waals surface area (Å²) in [5.41, 5.74) is -1.38. The van der Waals surface area contributed by atoms with Gasteiger partial charge >= 0.3 is 17.8 Å². The first-order valence-electron chi connectivity index (χ1n) is 11.2. The molecule has 0 bridgehead atoms. The minimum Gasteiger partial charge on any atom is -0.207 e. The highest BCUT2D eigenvalue weighted by molar-refractivity contribution is 8.14. The fourth-order valence-electron chi connectivity index (χ4n) is 5.53. The van der Waals surface area contributed by atoms with Crippen LogP contribution in [0.2, 0.25) is 0 Å². The van der Waals surface area contributed by atoms with Crippen LogP contribution < -0.4 is 4.57 Å². The number of rotatable bonds is 2. The van der Waals surface area contributed by atoms with Crippen molar-refractivity contribution in [3.05, 3.63) is 100 Å². The van der Waals surface area contributed by atoms with Crippen LogP contribution in [0.4, 0.5) is 26.3 Å². The first-order chi connectivity index (χ1) is 16.8. The third kappa shape index (κ3) is 2.71. The van der Waals surface area contributed by atoms with Gasteiger partial charge in [-0.15, -0.1) is 23.5 Å². The second-order valence-electron chi connectivity index (χ2n) is 9.71. The molecule has 0 N–H and O–H groups in total. The van der Waals surface area contributed by atoms with Gasteiger partial charge in [-0.1, -0.05) is 30.3 Å². The quantitative estimate of drug-likeness (QED) is 0.290. The molecular formula is C27H20F6NS2+. The SMILES string of the molecule is C[n+]1cccc(C2=CC3=C4C(=C5C=C(c6ccccc6)S[C@@]5(C)[C@]3(C)S2)C(F)(F)C(F)(F)C4(F)F)c1. The summed E-state index contributed by atoms with van der Waals surface area (Å²) in [7, 11) is 1.80. The first kappa shape index (κ1) is 24.0. The summed E-state index contributed by atoms with van der Waals surface area (Å²) in [6.07, 6.45) is 6.40. The number of halogens is 6. The number of alkyl halides is 6. The van der Waals surface area contributed by atoms with Crippen LogP contribution in [0.25, 0.3) is 9.81 Å². The Morgan fingerprint density at radius 2 is 1.14 bits per heavy atom. The molecule has 3 heterocycles. The van der Waals surface area contributed by atoms with Gasteiger partial charge in [0.1, 0.15) is 7.05 Å². The zero-order valence-corrected chi connectivity index (χ0v) is 21.0. The van der Waals surface area contributed by atoms with Crippen molar-refractivity contribution < 1.29 is 30.9 Å². The lowest BCUT2D eigenvalue weighted by molar-refractivity contribution is -0.671. The summed E-state index contributed by atoms with van der Waals surface area (Å²) in [5.74, 6) is -15.6. The van der Waals surface area contributed by atoms with Gasteiger partial charge in [0.15, 0.2) is 12.4 Å². The van der Waals surface area contributed by atoms with Crippen LogP contribution >= 0.6 is 23.5 Å². The number of pyridine rings is 1. The van der Waals surface area contributed by atoms with Crippen molar-refractivity contribution in [1.29, 1.82) is 0 Å². The van der Waals surface area contributed by atoms with Crippen LogP contribution in [-0.2, 0) is 7.05 Å². The van der Waals surface area contributed by atoms with Gasteiger partial charge in [0.25, 0.3) is 0 Å². The summed E-state index contributed by atoms with van der Waals surface area (Å²) in [6, 6.07) is 12.5. The zero-order valence-electron chi connectivity index (χ0n) is 19.4. The van der Waals surface area contributed by atoms with Crippen LogP contribution in [0.1, 0.15) is 25.0 Å². The largest absolute Gasteiger partial charge is 0.380 e. The molecule has 9 heteroatoms. The minimum atomic E-state index is -5.55. The molecule has 1 aromatic heterocycles. The Bertz CT molecular complexity index is 1460. The van der Waals surface area contributed by atoms with E-state index >= 15 is 17.6 Å². The van der Waals surface area contributed by atoms with E-state index in [1.807, 2.05) is 0 Å². The van der Waals surface area contributed by atoms with E-state index in [-0.39, 0.29) is 11.1 Å². The highest BCUT2D eigenvalue weighted by atomic mass is 32.2. The van der Waals surface area contributed by atoms with E-state index in [9.17, 15) is 8.78 Å². The first-order valence-corrected chi connectivity index (χ1v) is 12.9. The molecule has 2 aromatic rings. The van der Waals surface area contributed by atoms with Crippen LogP contribution in [-0.4, -0.2) is 27.3 Å². The number of thioether (sulfide) groups is 2. The van der Waals surface area contributed by atoms with Crippen molar-refractivity contribution in [1.82, 2.24) is 0 Å². The van der Waals surface area contributed by atoms with Gasteiger partial charge in [-0.25, -0.2) is 4.57 Å². The van der Waals surface area contributed by atoms with Gasteiger partial charge in [0.05, 0.1) is 15.1 Å². The Morgan fingerprint density at radius 1 is 0.667 bits per heavy atom. The summed E-state index contributed by atoms with van der Waals surface area (Å²) < 4.78 is 90.5.